The molecule has 0 saturated carbocycles. The molecule has 0 atom stereocenters. The van der Waals surface area contributed by atoms with Crippen LogP contribution in [-0.2, 0) is 15.8 Å². The molecule has 3 amide bonds. The minimum atomic E-state index is -4.61. The molecule has 3 aromatic carbocycles. The highest BCUT2D eigenvalue weighted by molar-refractivity contribution is 9.10. The van der Waals surface area contributed by atoms with Gasteiger partial charge >= 0.3 is 18.0 Å². The summed E-state index contributed by atoms with van der Waals surface area (Å²) in [6.07, 6.45) is -3.82. The Kier molecular flexibility index (Phi) is 7.79. The SMILES string of the molecule is O=C(N/N=C\c1ccccc1C(F)(F)F)C(=O)Nc1ccccc1C(=O)Nc1ccc(Br)cc1. The topological polar surface area (TPSA) is 99.7 Å². The second-order valence-electron chi connectivity index (χ2n) is 6.74. The molecule has 3 aromatic rings. The first-order chi connectivity index (χ1) is 16.1. The highest BCUT2D eigenvalue weighted by atomic mass is 79.9. The Hall–Kier alpha value is -3.99. The van der Waals surface area contributed by atoms with Crippen LogP contribution in [0.4, 0.5) is 24.5 Å². The summed E-state index contributed by atoms with van der Waals surface area (Å²) in [6, 6.07) is 17.5. The quantitative estimate of drug-likeness (QED) is 0.250. The van der Waals surface area contributed by atoms with Crippen molar-refractivity contribution in [1.29, 1.82) is 0 Å². The van der Waals surface area contributed by atoms with Gasteiger partial charge < -0.3 is 10.6 Å². The monoisotopic (exact) mass is 532 g/mol. The predicted octanol–water partition coefficient (Wildman–Crippen LogP) is 4.81. The van der Waals surface area contributed by atoms with Gasteiger partial charge in [-0.2, -0.15) is 18.3 Å². The summed E-state index contributed by atoms with van der Waals surface area (Å²) in [5.41, 5.74) is 1.31. The molecule has 0 spiro atoms. The van der Waals surface area contributed by atoms with E-state index in [4.69, 9.17) is 0 Å². The van der Waals surface area contributed by atoms with Crippen molar-refractivity contribution in [3.8, 4) is 0 Å². The number of amides is 3. The van der Waals surface area contributed by atoms with Gasteiger partial charge in [-0.05, 0) is 42.5 Å². The maximum Gasteiger partial charge on any atom is 0.417 e. The van der Waals surface area contributed by atoms with E-state index in [1.807, 2.05) is 5.43 Å². The van der Waals surface area contributed by atoms with E-state index in [9.17, 15) is 27.6 Å². The summed E-state index contributed by atoms with van der Waals surface area (Å²) in [5, 5.41) is 8.40. The third-order valence-electron chi connectivity index (χ3n) is 4.36. The molecule has 0 aliphatic heterocycles. The predicted molar refractivity (Wildman–Crippen MR) is 124 cm³/mol. The normalized spacial score (nSPS) is 11.2. The Morgan fingerprint density at radius 1 is 0.824 bits per heavy atom. The molecule has 0 unspecified atom stereocenters. The second-order valence-corrected chi connectivity index (χ2v) is 7.66. The molecule has 0 saturated heterocycles. The Morgan fingerprint density at radius 3 is 2.18 bits per heavy atom. The molecule has 0 heterocycles. The number of anilines is 2. The van der Waals surface area contributed by atoms with Crippen molar-refractivity contribution < 1.29 is 27.6 Å². The molecule has 0 fully saturated rings. The fourth-order valence-electron chi connectivity index (χ4n) is 2.78. The van der Waals surface area contributed by atoms with E-state index in [1.165, 1.54) is 30.3 Å². The number of carbonyl (C=O) groups is 3. The maximum absolute atomic E-state index is 13.0. The van der Waals surface area contributed by atoms with Crippen LogP contribution < -0.4 is 16.1 Å². The largest absolute Gasteiger partial charge is 0.417 e. The van der Waals surface area contributed by atoms with E-state index in [2.05, 4.69) is 31.7 Å². The highest BCUT2D eigenvalue weighted by Crippen LogP contribution is 2.31. The summed E-state index contributed by atoms with van der Waals surface area (Å²) in [4.78, 5) is 36.9. The van der Waals surface area contributed by atoms with Gasteiger partial charge in [0, 0.05) is 15.7 Å². The van der Waals surface area contributed by atoms with Crippen LogP contribution >= 0.6 is 15.9 Å². The van der Waals surface area contributed by atoms with Crippen molar-refractivity contribution in [3.05, 3.63) is 94.0 Å². The molecule has 7 nitrogen and oxygen atoms in total. The van der Waals surface area contributed by atoms with E-state index < -0.39 is 29.5 Å². The van der Waals surface area contributed by atoms with Crippen molar-refractivity contribution in [2.75, 3.05) is 10.6 Å². The average molecular weight is 533 g/mol. The van der Waals surface area contributed by atoms with E-state index in [1.54, 1.807) is 36.4 Å². The van der Waals surface area contributed by atoms with Gasteiger partial charge in [-0.1, -0.05) is 46.3 Å². The molecule has 11 heteroatoms. The molecule has 0 bridgehead atoms. The fourth-order valence-corrected chi connectivity index (χ4v) is 3.04. The van der Waals surface area contributed by atoms with Crippen LogP contribution in [0.5, 0.6) is 0 Å². The molecule has 174 valence electrons. The standard InChI is InChI=1S/C23H16BrF3N4O3/c24-15-9-11-16(12-10-15)29-20(32)17-6-2-4-8-19(17)30-21(33)22(34)31-28-13-14-5-1-3-7-18(14)23(25,26)27/h1-13H,(H,29,32)(H,30,33)(H,31,34)/b28-13-. The van der Waals surface area contributed by atoms with Gasteiger partial charge in [0.15, 0.2) is 0 Å². The number of nitrogens with zero attached hydrogens (tertiary/aromatic N) is 1. The third-order valence-corrected chi connectivity index (χ3v) is 4.89. The molecule has 0 radical (unpaired) electrons. The van der Waals surface area contributed by atoms with Gasteiger partial charge in [0.2, 0.25) is 0 Å². The van der Waals surface area contributed by atoms with Crippen LogP contribution in [0.15, 0.2) is 82.4 Å². The van der Waals surface area contributed by atoms with Gasteiger partial charge in [0.25, 0.3) is 5.91 Å². The van der Waals surface area contributed by atoms with Crippen LogP contribution in [0.1, 0.15) is 21.5 Å². The van der Waals surface area contributed by atoms with E-state index in [-0.39, 0.29) is 16.8 Å². The summed E-state index contributed by atoms with van der Waals surface area (Å²) in [6.45, 7) is 0. The summed E-state index contributed by atoms with van der Waals surface area (Å²) in [7, 11) is 0. The number of hydrogen-bond acceptors (Lipinski definition) is 4. The Morgan fingerprint density at radius 2 is 1.47 bits per heavy atom. The van der Waals surface area contributed by atoms with E-state index in [0.717, 1.165) is 16.8 Å². The Labute approximate surface area is 200 Å². The molecular weight excluding hydrogens is 517 g/mol. The number of para-hydroxylation sites is 1. The second kappa shape index (κ2) is 10.8. The maximum atomic E-state index is 13.0. The number of hydrazone groups is 1. The van der Waals surface area contributed by atoms with Crippen LogP contribution in [0.2, 0.25) is 0 Å². The lowest BCUT2D eigenvalue weighted by molar-refractivity contribution is -0.137. The number of hydrogen-bond donors (Lipinski definition) is 3. The van der Waals surface area contributed by atoms with Gasteiger partial charge in [0.1, 0.15) is 0 Å². The van der Waals surface area contributed by atoms with Gasteiger partial charge in [-0.3, -0.25) is 14.4 Å². The van der Waals surface area contributed by atoms with Crippen molar-refractivity contribution >= 4 is 51.2 Å². The summed E-state index contributed by atoms with van der Waals surface area (Å²) >= 11 is 3.29. The number of carbonyl (C=O) groups excluding carboxylic acids is 3. The zero-order valence-electron chi connectivity index (χ0n) is 17.2. The first-order valence-electron chi connectivity index (χ1n) is 9.61. The molecule has 0 aliphatic carbocycles. The molecular formula is C23H16BrF3N4O3. The lowest BCUT2D eigenvalue weighted by Crippen LogP contribution is -2.33. The lowest BCUT2D eigenvalue weighted by Gasteiger charge is -2.11. The minimum Gasteiger partial charge on any atom is -0.322 e. The number of benzene rings is 3. The lowest BCUT2D eigenvalue weighted by atomic mass is 10.1. The van der Waals surface area contributed by atoms with E-state index in [0.29, 0.717) is 5.69 Å². The third kappa shape index (κ3) is 6.51. The highest BCUT2D eigenvalue weighted by Gasteiger charge is 2.32. The minimum absolute atomic E-state index is 0.0589. The number of rotatable bonds is 5. The van der Waals surface area contributed by atoms with Crippen molar-refractivity contribution in [3.63, 3.8) is 0 Å². The number of halogens is 4. The van der Waals surface area contributed by atoms with Crippen molar-refractivity contribution in [1.82, 2.24) is 5.43 Å². The molecule has 3 N–H and O–H groups in total. The Bertz CT molecular complexity index is 1240. The Balaban J connectivity index is 1.66. The van der Waals surface area contributed by atoms with Crippen LogP contribution in [0, 0.1) is 0 Å². The molecule has 0 aliphatic rings. The molecule has 0 aromatic heterocycles. The van der Waals surface area contributed by atoms with Gasteiger partial charge in [-0.15, -0.1) is 0 Å². The first-order valence-corrected chi connectivity index (χ1v) is 10.4. The van der Waals surface area contributed by atoms with Crippen molar-refractivity contribution in [2.45, 2.75) is 6.18 Å². The zero-order chi connectivity index (χ0) is 24.7. The summed E-state index contributed by atoms with van der Waals surface area (Å²) in [5.74, 6) is -2.92. The number of nitrogens with one attached hydrogen (secondary N) is 3. The first kappa shape index (κ1) is 24.6. The van der Waals surface area contributed by atoms with Crippen LogP contribution in [0.25, 0.3) is 0 Å². The van der Waals surface area contributed by atoms with Crippen LogP contribution in [-0.4, -0.2) is 23.9 Å². The van der Waals surface area contributed by atoms with E-state index >= 15 is 0 Å². The molecule has 34 heavy (non-hydrogen) atoms. The van der Waals surface area contributed by atoms with Crippen molar-refractivity contribution in [2.24, 2.45) is 5.10 Å². The van der Waals surface area contributed by atoms with Gasteiger partial charge in [-0.25, -0.2) is 5.43 Å². The smallest absolute Gasteiger partial charge is 0.322 e. The fraction of sp³-hybridized carbons (Fsp3) is 0.0435. The number of alkyl halides is 3. The summed E-state index contributed by atoms with van der Waals surface area (Å²) < 4.78 is 39.9. The van der Waals surface area contributed by atoms with Crippen LogP contribution in [0.3, 0.4) is 0 Å². The van der Waals surface area contributed by atoms with Gasteiger partial charge in [0.05, 0.1) is 23.0 Å². The zero-order valence-corrected chi connectivity index (χ0v) is 18.8. The average Bonchev–Trinajstić information content (AvgIpc) is 2.80. The molecule has 3 rings (SSSR count).